The molecule has 1 aliphatic heterocycles. The smallest absolute Gasteiger partial charge is 0.335 e. The van der Waals surface area contributed by atoms with Gasteiger partial charge in [-0.3, -0.25) is 4.79 Å². The van der Waals surface area contributed by atoms with Gasteiger partial charge in [0.2, 0.25) is 12.2 Å². The van der Waals surface area contributed by atoms with E-state index in [1.54, 1.807) is 0 Å². The second-order valence-corrected chi connectivity index (χ2v) is 5.38. The van der Waals surface area contributed by atoms with E-state index in [4.69, 9.17) is 14.6 Å². The molecule has 1 amide bonds. The van der Waals surface area contributed by atoms with Gasteiger partial charge in [0, 0.05) is 6.92 Å². The highest BCUT2D eigenvalue weighted by Gasteiger charge is 2.46. The summed E-state index contributed by atoms with van der Waals surface area (Å²) in [6, 6.07) is 4.36. The lowest BCUT2D eigenvalue weighted by Gasteiger charge is -2.42. The minimum Gasteiger partial charge on any atom is -0.478 e. The molecule has 1 heterocycles. The van der Waals surface area contributed by atoms with Crippen molar-refractivity contribution in [2.75, 3.05) is 6.61 Å². The van der Waals surface area contributed by atoms with Crippen LogP contribution in [-0.2, 0) is 9.53 Å². The van der Waals surface area contributed by atoms with E-state index in [1.165, 1.54) is 31.2 Å². The van der Waals surface area contributed by atoms with E-state index in [1.807, 2.05) is 0 Å². The molecule has 1 aromatic carbocycles. The Morgan fingerprint density at radius 1 is 1.21 bits per heavy atom. The van der Waals surface area contributed by atoms with Crippen molar-refractivity contribution >= 4 is 11.9 Å². The van der Waals surface area contributed by atoms with Crippen LogP contribution in [0, 0.1) is 0 Å². The quantitative estimate of drug-likeness (QED) is 0.445. The number of carbonyl (C=O) groups is 2. The van der Waals surface area contributed by atoms with Crippen LogP contribution in [0.25, 0.3) is 0 Å². The van der Waals surface area contributed by atoms with Crippen molar-refractivity contribution in [2.45, 2.75) is 37.6 Å². The largest absolute Gasteiger partial charge is 0.478 e. The summed E-state index contributed by atoms with van der Waals surface area (Å²) in [4.78, 5) is 22.1. The van der Waals surface area contributed by atoms with Gasteiger partial charge in [-0.05, 0) is 24.3 Å². The standard InChI is InChI=1S/C15H19NO8/c1-7(18)16-11-13(20)12(19)10(6-17)24-15(11)23-9-4-2-8(3-5-9)14(21)22/h2-5,10-13,15,17,19-20H,6H2,1H3,(H,16,18)(H,21,22)/t10-,11+,12-,13-,15-/m1/s1. The maximum atomic E-state index is 11.3. The van der Waals surface area contributed by atoms with Crippen molar-refractivity contribution < 1.29 is 39.5 Å². The van der Waals surface area contributed by atoms with E-state index in [0.717, 1.165) is 0 Å². The van der Waals surface area contributed by atoms with Crippen molar-refractivity contribution in [2.24, 2.45) is 0 Å². The van der Waals surface area contributed by atoms with Gasteiger partial charge >= 0.3 is 5.97 Å². The van der Waals surface area contributed by atoms with Crippen LogP contribution in [0.4, 0.5) is 0 Å². The number of hydrogen-bond acceptors (Lipinski definition) is 7. The van der Waals surface area contributed by atoms with E-state index in [9.17, 15) is 24.9 Å². The van der Waals surface area contributed by atoms with Crippen LogP contribution in [0.5, 0.6) is 5.75 Å². The average molecular weight is 341 g/mol. The van der Waals surface area contributed by atoms with Crippen LogP contribution >= 0.6 is 0 Å². The number of benzene rings is 1. The summed E-state index contributed by atoms with van der Waals surface area (Å²) in [6.07, 6.45) is -5.09. The van der Waals surface area contributed by atoms with Gasteiger partial charge in [-0.1, -0.05) is 0 Å². The number of aromatic carboxylic acids is 1. The zero-order valence-corrected chi connectivity index (χ0v) is 12.8. The fourth-order valence-corrected chi connectivity index (χ4v) is 2.38. The first-order chi connectivity index (χ1) is 11.3. The Balaban J connectivity index is 2.19. The Morgan fingerprint density at radius 2 is 1.83 bits per heavy atom. The molecule has 0 bridgehead atoms. The lowest BCUT2D eigenvalue weighted by Crippen LogP contribution is -2.65. The summed E-state index contributed by atoms with van der Waals surface area (Å²) in [6.45, 7) is 0.679. The third-order valence-electron chi connectivity index (χ3n) is 3.60. The molecule has 0 radical (unpaired) electrons. The first-order valence-corrected chi connectivity index (χ1v) is 7.23. The second kappa shape index (κ2) is 7.58. The molecule has 132 valence electrons. The van der Waals surface area contributed by atoms with Gasteiger partial charge in [-0.2, -0.15) is 0 Å². The molecule has 1 aliphatic rings. The van der Waals surface area contributed by atoms with Crippen molar-refractivity contribution in [3.05, 3.63) is 29.8 Å². The Kier molecular flexibility index (Phi) is 5.73. The molecule has 24 heavy (non-hydrogen) atoms. The fraction of sp³-hybridized carbons (Fsp3) is 0.467. The number of amides is 1. The Labute approximate surface area is 137 Å². The van der Waals surface area contributed by atoms with Gasteiger partial charge in [0.15, 0.2) is 0 Å². The molecule has 1 saturated heterocycles. The van der Waals surface area contributed by atoms with E-state index >= 15 is 0 Å². The van der Waals surface area contributed by atoms with Crippen LogP contribution in [0.1, 0.15) is 17.3 Å². The minimum atomic E-state index is -1.41. The molecule has 5 N–H and O–H groups in total. The van der Waals surface area contributed by atoms with Crippen LogP contribution in [0.15, 0.2) is 24.3 Å². The number of carboxylic acid groups (broad SMARTS) is 1. The van der Waals surface area contributed by atoms with Gasteiger partial charge in [0.25, 0.3) is 0 Å². The number of ether oxygens (including phenoxy) is 2. The van der Waals surface area contributed by atoms with Crippen molar-refractivity contribution in [3.63, 3.8) is 0 Å². The number of hydrogen-bond donors (Lipinski definition) is 5. The Morgan fingerprint density at radius 3 is 2.33 bits per heavy atom. The van der Waals surface area contributed by atoms with Crippen LogP contribution in [-0.4, -0.2) is 69.6 Å². The predicted octanol–water partition coefficient (Wildman–Crippen LogP) is -1.29. The van der Waals surface area contributed by atoms with Crippen LogP contribution in [0.2, 0.25) is 0 Å². The maximum absolute atomic E-state index is 11.3. The first-order valence-electron chi connectivity index (χ1n) is 7.23. The highest BCUT2D eigenvalue weighted by atomic mass is 16.7. The first kappa shape index (κ1) is 18.1. The maximum Gasteiger partial charge on any atom is 0.335 e. The summed E-state index contributed by atoms with van der Waals surface area (Å²) in [5.41, 5.74) is 0.0639. The molecule has 0 spiro atoms. The zero-order chi connectivity index (χ0) is 17.9. The lowest BCUT2D eigenvalue weighted by atomic mass is 9.97. The third-order valence-corrected chi connectivity index (χ3v) is 3.60. The van der Waals surface area contributed by atoms with E-state index in [-0.39, 0.29) is 11.3 Å². The zero-order valence-electron chi connectivity index (χ0n) is 12.8. The number of nitrogens with one attached hydrogen (secondary N) is 1. The molecular weight excluding hydrogens is 322 g/mol. The molecule has 0 saturated carbocycles. The predicted molar refractivity (Wildman–Crippen MR) is 79.4 cm³/mol. The molecule has 0 unspecified atom stereocenters. The van der Waals surface area contributed by atoms with E-state index in [0.29, 0.717) is 0 Å². The van der Waals surface area contributed by atoms with Crippen molar-refractivity contribution in [1.82, 2.24) is 5.32 Å². The van der Waals surface area contributed by atoms with Crippen LogP contribution in [0.3, 0.4) is 0 Å². The molecule has 9 heteroatoms. The summed E-state index contributed by atoms with van der Waals surface area (Å²) < 4.78 is 10.9. The Bertz CT molecular complexity index is 590. The van der Waals surface area contributed by atoms with E-state index in [2.05, 4.69) is 5.32 Å². The summed E-state index contributed by atoms with van der Waals surface area (Å²) in [5.74, 6) is -1.32. The second-order valence-electron chi connectivity index (χ2n) is 5.38. The summed E-state index contributed by atoms with van der Waals surface area (Å²) in [5, 5.41) is 40.6. The molecular formula is C15H19NO8. The molecule has 1 fully saturated rings. The summed E-state index contributed by atoms with van der Waals surface area (Å²) >= 11 is 0. The number of rotatable bonds is 5. The number of carboxylic acids is 1. The fourth-order valence-electron chi connectivity index (χ4n) is 2.38. The molecule has 2 rings (SSSR count). The topological polar surface area (TPSA) is 146 Å². The molecule has 1 aromatic rings. The molecule has 5 atom stereocenters. The Hall–Kier alpha value is -2.20. The third kappa shape index (κ3) is 4.01. The van der Waals surface area contributed by atoms with Crippen molar-refractivity contribution in [3.8, 4) is 5.75 Å². The molecule has 9 nitrogen and oxygen atoms in total. The summed E-state index contributed by atoms with van der Waals surface area (Å²) in [7, 11) is 0. The normalized spacial score (nSPS) is 29.8. The van der Waals surface area contributed by atoms with Gasteiger partial charge in [0.1, 0.15) is 30.1 Å². The van der Waals surface area contributed by atoms with Gasteiger partial charge in [0.05, 0.1) is 12.2 Å². The minimum absolute atomic E-state index is 0.0639. The number of aliphatic hydroxyl groups is 3. The van der Waals surface area contributed by atoms with Gasteiger partial charge < -0.3 is 35.2 Å². The SMILES string of the molecule is CC(=O)N[C@@H]1[C@H](Oc2ccc(C(=O)O)cc2)O[C@H](CO)[C@@H](O)[C@@H]1O. The highest BCUT2D eigenvalue weighted by molar-refractivity contribution is 5.87. The number of aliphatic hydroxyl groups excluding tert-OH is 3. The monoisotopic (exact) mass is 341 g/mol. The van der Waals surface area contributed by atoms with E-state index < -0.39 is 49.1 Å². The van der Waals surface area contributed by atoms with Crippen molar-refractivity contribution in [1.29, 1.82) is 0 Å². The lowest BCUT2D eigenvalue weighted by molar-refractivity contribution is -0.244. The number of carbonyl (C=O) groups excluding carboxylic acids is 1. The highest BCUT2D eigenvalue weighted by Crippen LogP contribution is 2.24. The van der Waals surface area contributed by atoms with Gasteiger partial charge in [-0.15, -0.1) is 0 Å². The molecule has 0 aliphatic carbocycles. The average Bonchev–Trinajstić information content (AvgIpc) is 2.54. The van der Waals surface area contributed by atoms with Gasteiger partial charge in [-0.25, -0.2) is 4.79 Å². The molecule has 0 aromatic heterocycles. The van der Waals surface area contributed by atoms with Crippen LogP contribution < -0.4 is 10.1 Å².